The van der Waals surface area contributed by atoms with Crippen molar-refractivity contribution in [2.45, 2.75) is 26.2 Å². The first-order valence-electron chi connectivity index (χ1n) is 9.89. The highest BCUT2D eigenvalue weighted by Gasteiger charge is 2.30. The first-order valence-corrected chi connectivity index (χ1v) is 9.89. The number of carbonyl (C=O) groups is 4. The fraction of sp³-hybridized carbons (Fsp3) is 0.524. The minimum absolute atomic E-state index is 0.0943. The largest absolute Gasteiger partial charge is 0.466 e. The molecule has 1 saturated heterocycles. The molecule has 8 heteroatoms. The third-order valence-corrected chi connectivity index (χ3v) is 4.84. The maximum Gasteiger partial charge on any atom is 0.310 e. The lowest BCUT2D eigenvalue weighted by molar-refractivity contribution is -0.152. The van der Waals surface area contributed by atoms with Gasteiger partial charge in [0.1, 0.15) is 0 Å². The number of esters is 1. The molecule has 29 heavy (non-hydrogen) atoms. The quantitative estimate of drug-likeness (QED) is 0.642. The van der Waals surface area contributed by atoms with E-state index in [4.69, 9.17) is 4.74 Å². The van der Waals surface area contributed by atoms with Crippen LogP contribution in [0.5, 0.6) is 0 Å². The monoisotopic (exact) mass is 403 g/mol. The van der Waals surface area contributed by atoms with E-state index in [1.54, 1.807) is 11.8 Å². The van der Waals surface area contributed by atoms with E-state index in [1.807, 2.05) is 30.3 Å². The molecule has 1 aromatic rings. The lowest BCUT2D eigenvalue weighted by Gasteiger charge is -2.32. The van der Waals surface area contributed by atoms with Gasteiger partial charge in [-0.1, -0.05) is 30.3 Å². The van der Waals surface area contributed by atoms with Crippen LogP contribution in [0.25, 0.3) is 0 Å². The molecule has 1 heterocycles. The van der Waals surface area contributed by atoms with Gasteiger partial charge in [-0.05, 0) is 25.3 Å². The number of likely N-dealkylation sites (tertiary alicyclic amines) is 1. The number of likely N-dealkylation sites (N-methyl/N-ethyl adjacent to an activating group) is 1. The zero-order valence-corrected chi connectivity index (χ0v) is 17.1. The summed E-state index contributed by atoms with van der Waals surface area (Å²) in [5.41, 5.74) is 0.863. The van der Waals surface area contributed by atoms with E-state index in [0.717, 1.165) is 12.0 Å². The fourth-order valence-electron chi connectivity index (χ4n) is 3.20. The number of carbonyl (C=O) groups excluding carboxylic acids is 4. The molecule has 2 rings (SSSR count). The molecule has 1 fully saturated rings. The SMILES string of the molecule is CCOC(=O)C1CCCN(C(=O)CN(C)C(=O)CNC(=O)Cc2ccccc2)C1. The number of amides is 3. The maximum absolute atomic E-state index is 12.5. The fourth-order valence-corrected chi connectivity index (χ4v) is 3.20. The Morgan fingerprint density at radius 1 is 1.21 bits per heavy atom. The topological polar surface area (TPSA) is 96.0 Å². The van der Waals surface area contributed by atoms with Crippen molar-refractivity contribution in [2.24, 2.45) is 5.92 Å². The number of nitrogens with one attached hydrogen (secondary N) is 1. The standard InChI is InChI=1S/C21H29N3O5/c1-3-29-21(28)17-10-7-11-24(14-17)20(27)15-23(2)19(26)13-22-18(25)12-16-8-5-4-6-9-16/h4-6,8-9,17H,3,7,10-15H2,1-2H3,(H,22,25). The Morgan fingerprint density at radius 2 is 1.93 bits per heavy atom. The first kappa shape index (κ1) is 22.4. The van der Waals surface area contributed by atoms with E-state index in [-0.39, 0.29) is 49.1 Å². The van der Waals surface area contributed by atoms with Gasteiger partial charge in [0, 0.05) is 20.1 Å². The molecule has 3 amide bonds. The summed E-state index contributed by atoms with van der Waals surface area (Å²) in [4.78, 5) is 51.5. The van der Waals surface area contributed by atoms with Crippen molar-refractivity contribution in [3.63, 3.8) is 0 Å². The zero-order chi connectivity index (χ0) is 21.2. The highest BCUT2D eigenvalue weighted by molar-refractivity contribution is 5.88. The van der Waals surface area contributed by atoms with Crippen LogP contribution < -0.4 is 5.32 Å². The average Bonchev–Trinajstić information content (AvgIpc) is 2.73. The highest BCUT2D eigenvalue weighted by Crippen LogP contribution is 2.18. The van der Waals surface area contributed by atoms with Crippen LogP contribution in [0.3, 0.4) is 0 Å². The summed E-state index contributed by atoms with van der Waals surface area (Å²) in [5, 5.41) is 2.58. The van der Waals surface area contributed by atoms with Gasteiger partial charge < -0.3 is 19.9 Å². The number of rotatable bonds is 8. The Balaban J connectivity index is 1.75. The van der Waals surface area contributed by atoms with E-state index in [0.29, 0.717) is 26.1 Å². The van der Waals surface area contributed by atoms with Crippen molar-refractivity contribution in [1.82, 2.24) is 15.1 Å². The van der Waals surface area contributed by atoms with Crippen LogP contribution in [0.2, 0.25) is 0 Å². The minimum Gasteiger partial charge on any atom is -0.466 e. The Kier molecular flexibility index (Phi) is 8.64. The van der Waals surface area contributed by atoms with E-state index in [2.05, 4.69) is 5.32 Å². The van der Waals surface area contributed by atoms with E-state index in [1.165, 1.54) is 11.9 Å². The number of ether oxygens (including phenoxy) is 1. The van der Waals surface area contributed by atoms with Gasteiger partial charge in [-0.2, -0.15) is 0 Å². The molecule has 1 unspecified atom stereocenters. The first-order chi connectivity index (χ1) is 13.9. The second kappa shape index (κ2) is 11.2. The summed E-state index contributed by atoms with van der Waals surface area (Å²) in [7, 11) is 1.52. The predicted molar refractivity (Wildman–Crippen MR) is 107 cm³/mol. The lowest BCUT2D eigenvalue weighted by Crippen LogP contribution is -2.48. The summed E-state index contributed by atoms with van der Waals surface area (Å²) in [6.07, 6.45) is 1.62. The van der Waals surface area contributed by atoms with E-state index in [9.17, 15) is 19.2 Å². The summed E-state index contributed by atoms with van der Waals surface area (Å²) >= 11 is 0. The van der Waals surface area contributed by atoms with Gasteiger partial charge in [0.25, 0.3) is 0 Å². The van der Waals surface area contributed by atoms with Gasteiger partial charge in [0.2, 0.25) is 17.7 Å². The van der Waals surface area contributed by atoms with Crippen LogP contribution >= 0.6 is 0 Å². The molecule has 1 atom stereocenters. The molecule has 0 spiro atoms. The number of hydrogen-bond donors (Lipinski definition) is 1. The maximum atomic E-state index is 12.5. The molecule has 8 nitrogen and oxygen atoms in total. The number of hydrogen-bond acceptors (Lipinski definition) is 5. The van der Waals surface area contributed by atoms with Crippen LogP contribution in [0.4, 0.5) is 0 Å². The summed E-state index contributed by atoms with van der Waals surface area (Å²) in [6, 6.07) is 9.25. The number of nitrogens with zero attached hydrogens (tertiary/aromatic N) is 2. The van der Waals surface area contributed by atoms with Crippen molar-refractivity contribution in [1.29, 1.82) is 0 Å². The predicted octanol–water partition coefficient (Wildman–Crippen LogP) is 0.605. The second-order valence-corrected chi connectivity index (χ2v) is 7.12. The Bertz CT molecular complexity index is 722. The molecular formula is C21H29N3O5. The average molecular weight is 403 g/mol. The zero-order valence-electron chi connectivity index (χ0n) is 17.1. The van der Waals surface area contributed by atoms with Crippen molar-refractivity contribution < 1.29 is 23.9 Å². The minimum atomic E-state index is -0.348. The van der Waals surface area contributed by atoms with Crippen LogP contribution in [0, 0.1) is 5.92 Å². The highest BCUT2D eigenvalue weighted by atomic mass is 16.5. The molecule has 1 aliphatic heterocycles. The summed E-state index contributed by atoms with van der Waals surface area (Å²) in [5.74, 6) is -1.41. The Hall–Kier alpha value is -2.90. The second-order valence-electron chi connectivity index (χ2n) is 7.12. The van der Waals surface area contributed by atoms with Gasteiger partial charge in [0.05, 0.1) is 32.0 Å². The molecule has 1 aromatic carbocycles. The number of benzene rings is 1. The molecule has 0 aromatic heterocycles. The lowest BCUT2D eigenvalue weighted by atomic mass is 9.98. The van der Waals surface area contributed by atoms with Crippen LogP contribution in [0.1, 0.15) is 25.3 Å². The van der Waals surface area contributed by atoms with Crippen molar-refractivity contribution in [2.75, 3.05) is 39.8 Å². The third-order valence-electron chi connectivity index (χ3n) is 4.84. The van der Waals surface area contributed by atoms with E-state index >= 15 is 0 Å². The molecule has 0 radical (unpaired) electrons. The number of piperidine rings is 1. The Labute approximate surface area is 171 Å². The molecular weight excluding hydrogens is 374 g/mol. The van der Waals surface area contributed by atoms with Gasteiger partial charge >= 0.3 is 5.97 Å². The van der Waals surface area contributed by atoms with Crippen molar-refractivity contribution in [3.05, 3.63) is 35.9 Å². The van der Waals surface area contributed by atoms with Crippen molar-refractivity contribution >= 4 is 23.7 Å². The van der Waals surface area contributed by atoms with Crippen LogP contribution in [-0.2, 0) is 30.3 Å². The molecule has 1 aliphatic rings. The van der Waals surface area contributed by atoms with Crippen LogP contribution in [0.15, 0.2) is 30.3 Å². The van der Waals surface area contributed by atoms with Crippen LogP contribution in [-0.4, -0.2) is 73.3 Å². The van der Waals surface area contributed by atoms with Crippen molar-refractivity contribution in [3.8, 4) is 0 Å². The van der Waals surface area contributed by atoms with Gasteiger partial charge in [-0.3, -0.25) is 19.2 Å². The van der Waals surface area contributed by atoms with Gasteiger partial charge in [0.15, 0.2) is 0 Å². The smallest absolute Gasteiger partial charge is 0.310 e. The summed E-state index contributed by atoms with van der Waals surface area (Å²) in [6.45, 7) is 2.68. The van der Waals surface area contributed by atoms with E-state index < -0.39 is 0 Å². The van der Waals surface area contributed by atoms with Gasteiger partial charge in [-0.15, -0.1) is 0 Å². The molecule has 0 bridgehead atoms. The molecule has 158 valence electrons. The third kappa shape index (κ3) is 7.21. The molecule has 1 N–H and O–H groups in total. The molecule has 0 saturated carbocycles. The normalized spacial score (nSPS) is 16.1. The van der Waals surface area contributed by atoms with Gasteiger partial charge in [-0.25, -0.2) is 0 Å². The molecule has 0 aliphatic carbocycles. The summed E-state index contributed by atoms with van der Waals surface area (Å²) < 4.78 is 5.04. The Morgan fingerprint density at radius 3 is 2.62 bits per heavy atom.